The molecule has 1 atom stereocenters. The van der Waals surface area contributed by atoms with Gasteiger partial charge in [0.15, 0.2) is 0 Å². The number of aliphatic hydroxyl groups excluding tert-OH is 1. The molecule has 3 N–H and O–H groups in total. The predicted octanol–water partition coefficient (Wildman–Crippen LogP) is 2.39. The van der Waals surface area contributed by atoms with Gasteiger partial charge >= 0.3 is 0 Å². The van der Waals surface area contributed by atoms with E-state index in [-0.39, 0.29) is 5.56 Å². The van der Waals surface area contributed by atoms with Crippen molar-refractivity contribution in [3.8, 4) is 0 Å². The molecule has 0 aliphatic carbocycles. The first-order valence-corrected chi connectivity index (χ1v) is 5.34. The van der Waals surface area contributed by atoms with Crippen LogP contribution in [0, 0.1) is 5.82 Å². The molecule has 6 heteroatoms. The van der Waals surface area contributed by atoms with Crippen molar-refractivity contribution in [3.63, 3.8) is 0 Å². The summed E-state index contributed by atoms with van der Waals surface area (Å²) >= 11 is 3.06. The summed E-state index contributed by atoms with van der Waals surface area (Å²) < 4.78 is 39.6. The lowest BCUT2D eigenvalue weighted by Crippen LogP contribution is -2.45. The van der Waals surface area contributed by atoms with E-state index in [0.29, 0.717) is 4.47 Å². The highest BCUT2D eigenvalue weighted by Crippen LogP contribution is 2.32. The third-order valence-corrected chi connectivity index (χ3v) is 2.84. The molecule has 0 aromatic heterocycles. The molecule has 0 aliphatic heterocycles. The highest BCUT2D eigenvalue weighted by Gasteiger charge is 2.39. The molecule has 1 aromatic rings. The number of hydrogen-bond acceptors (Lipinski definition) is 2. The summed E-state index contributed by atoms with van der Waals surface area (Å²) in [5, 5.41) is 8.72. The Bertz CT molecular complexity index is 375. The van der Waals surface area contributed by atoms with Crippen molar-refractivity contribution in [1.82, 2.24) is 0 Å². The quantitative estimate of drug-likeness (QED) is 0.896. The number of hydrogen-bond donors (Lipinski definition) is 2. The average Bonchev–Trinajstić information content (AvgIpc) is 2.21. The molecule has 0 saturated heterocycles. The zero-order valence-electron chi connectivity index (χ0n) is 8.26. The summed E-state index contributed by atoms with van der Waals surface area (Å²) in [7, 11) is 0. The molecule has 90 valence electrons. The molecule has 2 nitrogen and oxygen atoms in total. The zero-order chi connectivity index (χ0) is 12.3. The smallest absolute Gasteiger partial charge is 0.260 e. The fourth-order valence-electron chi connectivity index (χ4n) is 1.40. The Hall–Kier alpha value is -0.590. The lowest BCUT2D eigenvalue weighted by molar-refractivity contribution is 0.0338. The first-order valence-electron chi connectivity index (χ1n) is 4.55. The summed E-state index contributed by atoms with van der Waals surface area (Å²) in [6, 6.07) is 3.65. The molecule has 0 aliphatic rings. The Balaban J connectivity index is 3.25. The summed E-state index contributed by atoms with van der Waals surface area (Å²) in [4.78, 5) is 0. The van der Waals surface area contributed by atoms with Crippen molar-refractivity contribution in [2.45, 2.75) is 18.4 Å². The van der Waals surface area contributed by atoms with Crippen molar-refractivity contribution in [3.05, 3.63) is 34.1 Å². The van der Waals surface area contributed by atoms with Gasteiger partial charge in [-0.25, -0.2) is 13.2 Å². The molecule has 0 bridgehead atoms. The van der Waals surface area contributed by atoms with Crippen molar-refractivity contribution in [1.29, 1.82) is 0 Å². The summed E-state index contributed by atoms with van der Waals surface area (Å²) in [5.74, 6) is -0.806. The van der Waals surface area contributed by atoms with Gasteiger partial charge < -0.3 is 10.8 Å². The topological polar surface area (TPSA) is 46.2 Å². The van der Waals surface area contributed by atoms with Gasteiger partial charge in [-0.15, -0.1) is 0 Å². The SMILES string of the molecule is N[C@@](CCO)(c1cc(Br)ccc1F)C(F)F. The molecule has 0 amide bonds. The fraction of sp³-hybridized carbons (Fsp3) is 0.400. The first kappa shape index (κ1) is 13.5. The maximum absolute atomic E-state index is 13.4. The number of halogens is 4. The largest absolute Gasteiger partial charge is 0.396 e. The third-order valence-electron chi connectivity index (χ3n) is 2.34. The Morgan fingerprint density at radius 1 is 1.44 bits per heavy atom. The van der Waals surface area contributed by atoms with Crippen LogP contribution in [0.2, 0.25) is 0 Å². The van der Waals surface area contributed by atoms with E-state index in [1.165, 1.54) is 12.1 Å². The van der Waals surface area contributed by atoms with Crippen molar-refractivity contribution in [2.75, 3.05) is 6.61 Å². The zero-order valence-corrected chi connectivity index (χ0v) is 9.85. The normalized spacial score (nSPS) is 15.2. The van der Waals surface area contributed by atoms with E-state index in [9.17, 15) is 13.2 Å². The van der Waals surface area contributed by atoms with E-state index in [0.717, 1.165) is 6.07 Å². The van der Waals surface area contributed by atoms with E-state index in [4.69, 9.17) is 10.8 Å². The molecule has 0 heterocycles. The van der Waals surface area contributed by atoms with Crippen molar-refractivity contribution < 1.29 is 18.3 Å². The predicted molar refractivity (Wildman–Crippen MR) is 57.7 cm³/mol. The van der Waals surface area contributed by atoms with Crippen LogP contribution in [0.4, 0.5) is 13.2 Å². The standard InChI is InChI=1S/C10H11BrF3NO/c11-6-1-2-8(12)7(5-6)10(15,3-4-16)9(13)14/h1-2,5,9,16H,3-4,15H2/t10-/m0/s1. The second kappa shape index (κ2) is 5.16. The second-order valence-electron chi connectivity index (χ2n) is 3.44. The molecule has 0 radical (unpaired) electrons. The second-order valence-corrected chi connectivity index (χ2v) is 4.35. The minimum Gasteiger partial charge on any atom is -0.396 e. The molecule has 1 rings (SSSR count). The van der Waals surface area contributed by atoms with Crippen LogP contribution in [0.25, 0.3) is 0 Å². The van der Waals surface area contributed by atoms with E-state index in [1.807, 2.05) is 0 Å². The number of nitrogens with two attached hydrogens (primary N) is 1. The molecule has 1 aromatic carbocycles. The molecular formula is C10H11BrF3NO. The number of aliphatic hydroxyl groups is 1. The third kappa shape index (κ3) is 2.56. The monoisotopic (exact) mass is 297 g/mol. The van der Waals surface area contributed by atoms with Crippen molar-refractivity contribution >= 4 is 15.9 Å². The highest BCUT2D eigenvalue weighted by atomic mass is 79.9. The lowest BCUT2D eigenvalue weighted by atomic mass is 9.88. The maximum Gasteiger partial charge on any atom is 0.260 e. The molecule has 16 heavy (non-hydrogen) atoms. The molecule has 0 saturated carbocycles. The van der Waals surface area contributed by atoms with Gasteiger partial charge in [0.05, 0.1) is 0 Å². The van der Waals surface area contributed by atoms with E-state index < -0.39 is 30.8 Å². The minimum absolute atomic E-state index is 0.300. The van der Waals surface area contributed by atoms with E-state index >= 15 is 0 Å². The van der Waals surface area contributed by atoms with Gasteiger partial charge in [0.25, 0.3) is 6.43 Å². The van der Waals surface area contributed by atoms with Gasteiger partial charge in [0, 0.05) is 16.6 Å². The van der Waals surface area contributed by atoms with Gasteiger partial charge in [-0.05, 0) is 24.6 Å². The van der Waals surface area contributed by atoms with Gasteiger partial charge in [-0.2, -0.15) is 0 Å². The average molecular weight is 298 g/mol. The van der Waals surface area contributed by atoms with Crippen LogP contribution in [0.3, 0.4) is 0 Å². The Morgan fingerprint density at radius 3 is 2.56 bits per heavy atom. The van der Waals surface area contributed by atoms with E-state index in [2.05, 4.69) is 15.9 Å². The minimum atomic E-state index is -2.96. The first-order chi connectivity index (χ1) is 7.41. The summed E-state index contributed by atoms with van der Waals surface area (Å²) in [6.07, 6.45) is -3.36. The summed E-state index contributed by atoms with van der Waals surface area (Å²) in [5.41, 5.74) is 3.01. The van der Waals surface area contributed by atoms with Gasteiger partial charge in [-0.1, -0.05) is 15.9 Å². The van der Waals surface area contributed by atoms with Crippen LogP contribution < -0.4 is 5.73 Å². The van der Waals surface area contributed by atoms with Crippen LogP contribution in [-0.4, -0.2) is 18.1 Å². The molecular weight excluding hydrogens is 287 g/mol. The van der Waals surface area contributed by atoms with Crippen LogP contribution in [0.15, 0.2) is 22.7 Å². The maximum atomic E-state index is 13.4. The van der Waals surface area contributed by atoms with Crippen molar-refractivity contribution in [2.24, 2.45) is 5.73 Å². The van der Waals surface area contributed by atoms with Crippen LogP contribution >= 0.6 is 15.9 Å². The number of alkyl halides is 2. The van der Waals surface area contributed by atoms with Gasteiger partial charge in [-0.3, -0.25) is 0 Å². The summed E-state index contributed by atoms with van der Waals surface area (Å²) in [6.45, 7) is -0.535. The highest BCUT2D eigenvalue weighted by molar-refractivity contribution is 9.10. The van der Waals surface area contributed by atoms with Crippen LogP contribution in [0.1, 0.15) is 12.0 Å². The number of benzene rings is 1. The van der Waals surface area contributed by atoms with Gasteiger partial charge in [0.1, 0.15) is 11.4 Å². The molecule has 0 unspecified atom stereocenters. The molecule has 0 spiro atoms. The Morgan fingerprint density at radius 2 is 2.06 bits per heavy atom. The van der Waals surface area contributed by atoms with Crippen LogP contribution in [0.5, 0.6) is 0 Å². The Labute approximate surface area is 99.4 Å². The fourth-order valence-corrected chi connectivity index (χ4v) is 1.76. The Kier molecular flexibility index (Phi) is 4.35. The lowest BCUT2D eigenvalue weighted by Gasteiger charge is -2.28. The van der Waals surface area contributed by atoms with Crippen LogP contribution in [-0.2, 0) is 5.54 Å². The van der Waals surface area contributed by atoms with Gasteiger partial charge in [0.2, 0.25) is 0 Å². The molecule has 0 fully saturated rings. The number of rotatable bonds is 4. The van der Waals surface area contributed by atoms with E-state index in [1.54, 1.807) is 0 Å².